The lowest BCUT2D eigenvalue weighted by molar-refractivity contribution is 0.616. The van der Waals surface area contributed by atoms with Crippen LogP contribution in [0.25, 0.3) is 65.2 Å². The average Bonchev–Trinajstić information content (AvgIpc) is 3.44. The van der Waals surface area contributed by atoms with Crippen molar-refractivity contribution in [3.05, 3.63) is 146 Å². The number of fused-ring (bicyclic) bond motifs is 5. The van der Waals surface area contributed by atoms with Crippen LogP contribution in [-0.4, -0.2) is 0 Å². The van der Waals surface area contributed by atoms with Gasteiger partial charge in [0.25, 0.3) is 0 Å². The van der Waals surface area contributed by atoms with Crippen LogP contribution in [0.5, 0.6) is 0 Å². The minimum absolute atomic E-state index is 0.956. The van der Waals surface area contributed by atoms with E-state index in [0.717, 1.165) is 11.0 Å². The molecule has 0 atom stereocenters. The van der Waals surface area contributed by atoms with Gasteiger partial charge in [-0.15, -0.1) is 0 Å². The van der Waals surface area contributed by atoms with Gasteiger partial charge in [-0.25, -0.2) is 0 Å². The molecule has 37 heavy (non-hydrogen) atoms. The second-order valence-electron chi connectivity index (χ2n) is 9.35. The summed E-state index contributed by atoms with van der Waals surface area (Å²) in [5.41, 5.74) is 3.63. The third-order valence-electron chi connectivity index (χ3n) is 7.15. The second kappa shape index (κ2) is 8.96. The Morgan fingerprint density at radius 3 is 1.08 bits per heavy atom. The van der Waals surface area contributed by atoms with Crippen molar-refractivity contribution in [3.8, 4) is 11.1 Å². The van der Waals surface area contributed by atoms with Crippen LogP contribution in [0.1, 0.15) is 0 Å². The average molecular weight is 473 g/mol. The molecule has 0 saturated carbocycles. The molecule has 1 nitrogen and oxygen atoms in total. The summed E-state index contributed by atoms with van der Waals surface area (Å²) in [6.45, 7) is 0. The summed E-state index contributed by atoms with van der Waals surface area (Å²) in [4.78, 5) is 0. The number of para-hydroxylation sites is 1. The van der Waals surface area contributed by atoms with E-state index in [2.05, 4.69) is 109 Å². The Labute approximate surface area is 215 Å². The van der Waals surface area contributed by atoms with Crippen LogP contribution in [0.2, 0.25) is 0 Å². The Bertz CT molecular complexity index is 1790. The Morgan fingerprint density at radius 2 is 0.676 bits per heavy atom. The molecule has 0 unspecified atom stereocenters. The highest BCUT2D eigenvalue weighted by atomic mass is 16.3. The fourth-order valence-corrected chi connectivity index (χ4v) is 5.47. The number of rotatable bonds is 1. The molecule has 0 spiro atoms. The molecule has 1 heteroatoms. The summed E-state index contributed by atoms with van der Waals surface area (Å²) in [5.74, 6) is 0. The molecule has 0 radical (unpaired) electrons. The van der Waals surface area contributed by atoms with E-state index in [9.17, 15) is 0 Å². The molecule has 8 rings (SSSR count). The molecule has 0 aliphatic rings. The Morgan fingerprint density at radius 1 is 0.324 bits per heavy atom. The van der Waals surface area contributed by atoms with Gasteiger partial charge in [0.05, 0.1) is 6.26 Å². The van der Waals surface area contributed by atoms with Gasteiger partial charge in [-0.2, -0.15) is 0 Å². The first-order valence-electron chi connectivity index (χ1n) is 12.6. The number of benzene rings is 7. The van der Waals surface area contributed by atoms with Gasteiger partial charge in [0.2, 0.25) is 0 Å². The highest BCUT2D eigenvalue weighted by Crippen LogP contribution is 2.43. The largest absolute Gasteiger partial charge is 0.464 e. The van der Waals surface area contributed by atoms with Crippen molar-refractivity contribution in [2.24, 2.45) is 0 Å². The van der Waals surface area contributed by atoms with E-state index in [1.54, 1.807) is 6.26 Å². The van der Waals surface area contributed by atoms with Crippen molar-refractivity contribution in [2.75, 3.05) is 0 Å². The molecule has 0 fully saturated rings. The number of hydrogen-bond acceptors (Lipinski definition) is 1. The minimum Gasteiger partial charge on any atom is -0.464 e. The van der Waals surface area contributed by atoms with Crippen LogP contribution in [0.3, 0.4) is 0 Å². The molecule has 8 aromatic rings. The SMILES string of the molecule is c1ccc2c(-c3c4ccccc4cc4ccccc34)c3ccccc3cc2c1.c1ccc2occc2c1. The zero-order valence-corrected chi connectivity index (χ0v) is 20.3. The topological polar surface area (TPSA) is 13.1 Å². The molecule has 174 valence electrons. The number of hydrogen-bond donors (Lipinski definition) is 0. The van der Waals surface area contributed by atoms with Gasteiger partial charge in [-0.3, -0.25) is 0 Å². The quantitative estimate of drug-likeness (QED) is 0.217. The fraction of sp³-hybridized carbons (Fsp3) is 0. The predicted octanol–water partition coefficient (Wildman–Crippen LogP) is 10.4. The van der Waals surface area contributed by atoms with Gasteiger partial charge in [0, 0.05) is 5.39 Å². The van der Waals surface area contributed by atoms with Crippen LogP contribution in [-0.2, 0) is 0 Å². The smallest absolute Gasteiger partial charge is 0.133 e. The van der Waals surface area contributed by atoms with Gasteiger partial charge in [0.1, 0.15) is 5.58 Å². The van der Waals surface area contributed by atoms with Crippen molar-refractivity contribution >= 4 is 54.1 Å². The van der Waals surface area contributed by atoms with E-state index in [1.165, 1.54) is 54.2 Å². The van der Waals surface area contributed by atoms with E-state index in [1.807, 2.05) is 30.3 Å². The maximum Gasteiger partial charge on any atom is 0.133 e. The summed E-state index contributed by atoms with van der Waals surface area (Å²) < 4.78 is 5.12. The fourth-order valence-electron chi connectivity index (χ4n) is 5.47. The summed E-state index contributed by atoms with van der Waals surface area (Å²) in [7, 11) is 0. The minimum atomic E-state index is 0.956. The first-order valence-corrected chi connectivity index (χ1v) is 12.6. The van der Waals surface area contributed by atoms with Crippen molar-refractivity contribution < 1.29 is 4.42 Å². The molecule has 0 aliphatic heterocycles. The van der Waals surface area contributed by atoms with E-state index in [0.29, 0.717) is 0 Å². The van der Waals surface area contributed by atoms with Crippen LogP contribution in [0.4, 0.5) is 0 Å². The standard InChI is InChI=1S/C28H18.C8H6O/c1-5-13-23-19(9-1)17-20-10-2-6-14-24(20)27(23)28-25-15-7-3-11-21(25)18-22-12-4-8-16-26(22)28;1-2-4-8-7(3-1)5-6-9-8/h1-18H;1-6H. The number of furan rings is 1. The van der Waals surface area contributed by atoms with E-state index in [-0.39, 0.29) is 0 Å². The Kier molecular flexibility index (Phi) is 5.19. The molecule has 0 bridgehead atoms. The van der Waals surface area contributed by atoms with Crippen molar-refractivity contribution in [2.45, 2.75) is 0 Å². The zero-order valence-electron chi connectivity index (χ0n) is 20.3. The lowest BCUT2D eigenvalue weighted by Crippen LogP contribution is -1.89. The van der Waals surface area contributed by atoms with Gasteiger partial charge < -0.3 is 4.42 Å². The second-order valence-corrected chi connectivity index (χ2v) is 9.35. The molecule has 0 amide bonds. The molecule has 1 aromatic heterocycles. The third kappa shape index (κ3) is 3.73. The maximum absolute atomic E-state index is 5.12. The van der Waals surface area contributed by atoms with E-state index < -0.39 is 0 Å². The monoisotopic (exact) mass is 472 g/mol. The van der Waals surface area contributed by atoms with Crippen molar-refractivity contribution in [1.82, 2.24) is 0 Å². The molecule has 0 saturated heterocycles. The normalized spacial score (nSPS) is 11.2. The van der Waals surface area contributed by atoms with Gasteiger partial charge >= 0.3 is 0 Å². The lowest BCUT2D eigenvalue weighted by atomic mass is 9.86. The van der Waals surface area contributed by atoms with Crippen LogP contribution < -0.4 is 0 Å². The van der Waals surface area contributed by atoms with Crippen molar-refractivity contribution in [1.29, 1.82) is 0 Å². The molecule has 1 heterocycles. The molecular weight excluding hydrogens is 448 g/mol. The molecule has 0 N–H and O–H groups in total. The lowest BCUT2D eigenvalue weighted by Gasteiger charge is -2.17. The first kappa shape index (κ1) is 21.4. The zero-order chi connectivity index (χ0) is 24.6. The van der Waals surface area contributed by atoms with Crippen LogP contribution >= 0.6 is 0 Å². The predicted molar refractivity (Wildman–Crippen MR) is 158 cm³/mol. The van der Waals surface area contributed by atoms with Gasteiger partial charge in [0.15, 0.2) is 0 Å². The maximum atomic E-state index is 5.12. The third-order valence-corrected chi connectivity index (χ3v) is 7.15. The highest BCUT2D eigenvalue weighted by molar-refractivity contribution is 6.23. The Hall–Kier alpha value is -4.88. The highest BCUT2D eigenvalue weighted by Gasteiger charge is 2.15. The van der Waals surface area contributed by atoms with Gasteiger partial charge in [-0.05, 0) is 78.5 Å². The first-order chi connectivity index (χ1) is 18.4. The van der Waals surface area contributed by atoms with Gasteiger partial charge in [-0.1, -0.05) is 115 Å². The van der Waals surface area contributed by atoms with Crippen molar-refractivity contribution in [3.63, 3.8) is 0 Å². The summed E-state index contributed by atoms with van der Waals surface area (Å²) in [6, 6.07) is 49.5. The van der Waals surface area contributed by atoms with E-state index >= 15 is 0 Å². The molecule has 7 aromatic carbocycles. The summed E-state index contributed by atoms with van der Waals surface area (Å²) >= 11 is 0. The summed E-state index contributed by atoms with van der Waals surface area (Å²) in [6.07, 6.45) is 1.70. The van der Waals surface area contributed by atoms with E-state index in [4.69, 9.17) is 4.42 Å². The van der Waals surface area contributed by atoms with Crippen LogP contribution in [0.15, 0.2) is 150 Å². The Balaban J connectivity index is 0.000000216. The molecule has 0 aliphatic carbocycles. The summed E-state index contributed by atoms with van der Waals surface area (Å²) in [5, 5.41) is 11.5. The van der Waals surface area contributed by atoms with Crippen LogP contribution in [0, 0.1) is 0 Å². The molecular formula is C36H24O.